The van der Waals surface area contributed by atoms with Gasteiger partial charge in [0.2, 0.25) is 5.89 Å². The number of aromatic nitrogens is 2. The molecule has 0 saturated heterocycles. The average molecular weight is 254 g/mol. The maximum atomic E-state index is 10.1. The predicted molar refractivity (Wildman–Crippen MR) is 66.3 cm³/mol. The van der Waals surface area contributed by atoms with E-state index in [1.165, 1.54) is 6.42 Å². The van der Waals surface area contributed by atoms with Gasteiger partial charge in [-0.15, -0.1) is 0 Å². The zero-order valence-electron chi connectivity index (χ0n) is 11.0. The average Bonchev–Trinajstić information content (AvgIpc) is 2.72. The van der Waals surface area contributed by atoms with E-state index in [9.17, 15) is 5.11 Å². The van der Waals surface area contributed by atoms with E-state index in [2.05, 4.69) is 10.1 Å². The van der Waals surface area contributed by atoms with Crippen LogP contribution >= 0.6 is 0 Å². The minimum Gasteiger partial charge on any atom is -0.392 e. The lowest BCUT2D eigenvalue weighted by Crippen LogP contribution is -2.17. The summed E-state index contributed by atoms with van der Waals surface area (Å²) in [5.74, 6) is 1.35. The molecule has 0 aliphatic heterocycles. The summed E-state index contributed by atoms with van der Waals surface area (Å²) in [6.07, 6.45) is 6.51. The predicted octanol–water partition coefficient (Wildman–Crippen LogP) is 2.06. The molecule has 5 heteroatoms. The van der Waals surface area contributed by atoms with Crippen molar-refractivity contribution in [3.63, 3.8) is 0 Å². The van der Waals surface area contributed by atoms with Crippen LogP contribution in [-0.4, -0.2) is 35.1 Å². The van der Waals surface area contributed by atoms with E-state index in [4.69, 9.17) is 9.26 Å². The molecule has 0 amide bonds. The van der Waals surface area contributed by atoms with Crippen molar-refractivity contribution < 1.29 is 14.4 Å². The minimum atomic E-state index is -0.334. The third-order valence-electron chi connectivity index (χ3n) is 3.53. The van der Waals surface area contributed by atoms with Crippen molar-refractivity contribution in [1.29, 1.82) is 0 Å². The summed E-state index contributed by atoms with van der Waals surface area (Å²) in [4.78, 5) is 4.40. The number of aryl methyl sites for hydroxylation is 1. The first-order chi connectivity index (χ1) is 8.81. The molecule has 0 bridgehead atoms. The van der Waals surface area contributed by atoms with Crippen molar-refractivity contribution in [2.75, 3.05) is 13.7 Å². The fraction of sp³-hybridized carbons (Fsp3) is 0.846. The van der Waals surface area contributed by atoms with Crippen molar-refractivity contribution in [3.05, 3.63) is 11.7 Å². The second-order valence-electron chi connectivity index (χ2n) is 4.96. The van der Waals surface area contributed by atoms with Crippen LogP contribution in [0.15, 0.2) is 4.52 Å². The van der Waals surface area contributed by atoms with Crippen LogP contribution in [-0.2, 0) is 11.2 Å². The van der Waals surface area contributed by atoms with Gasteiger partial charge in [-0.3, -0.25) is 0 Å². The maximum absolute atomic E-state index is 10.1. The van der Waals surface area contributed by atoms with Crippen LogP contribution in [0.25, 0.3) is 0 Å². The highest BCUT2D eigenvalue weighted by molar-refractivity contribution is 4.98. The van der Waals surface area contributed by atoms with Crippen LogP contribution in [0.3, 0.4) is 0 Å². The van der Waals surface area contributed by atoms with E-state index in [-0.39, 0.29) is 12.0 Å². The van der Waals surface area contributed by atoms with Gasteiger partial charge in [-0.25, -0.2) is 0 Å². The monoisotopic (exact) mass is 254 g/mol. The summed E-state index contributed by atoms with van der Waals surface area (Å²) >= 11 is 0. The molecule has 5 nitrogen and oxygen atoms in total. The standard InChI is InChI=1S/C13H22N2O3/c1-17-9-5-8-12-14-13(18-15-12)10-6-3-2-4-7-11(10)16/h10-11,16H,2-9H2,1H3. The topological polar surface area (TPSA) is 68.4 Å². The molecule has 1 aliphatic carbocycles. The van der Waals surface area contributed by atoms with Crippen molar-refractivity contribution in [1.82, 2.24) is 10.1 Å². The number of ether oxygens (including phenoxy) is 1. The Labute approximate surface area is 108 Å². The third kappa shape index (κ3) is 3.53. The summed E-state index contributed by atoms with van der Waals surface area (Å²) in [6.45, 7) is 0.704. The van der Waals surface area contributed by atoms with Gasteiger partial charge in [0.1, 0.15) is 0 Å². The van der Waals surface area contributed by atoms with Gasteiger partial charge in [0, 0.05) is 20.1 Å². The number of hydrogen-bond acceptors (Lipinski definition) is 5. The molecule has 1 aromatic rings. The Hall–Kier alpha value is -0.940. The molecular weight excluding hydrogens is 232 g/mol. The van der Waals surface area contributed by atoms with Crippen LogP contribution < -0.4 is 0 Å². The molecule has 1 aromatic heterocycles. The highest BCUT2D eigenvalue weighted by Crippen LogP contribution is 2.31. The molecule has 0 spiro atoms. The van der Waals surface area contributed by atoms with Crippen molar-refractivity contribution in [2.24, 2.45) is 0 Å². The summed E-state index contributed by atoms with van der Waals surface area (Å²) < 4.78 is 10.3. The number of aliphatic hydroxyl groups excluding tert-OH is 1. The Morgan fingerprint density at radius 2 is 2.17 bits per heavy atom. The number of rotatable bonds is 5. The largest absolute Gasteiger partial charge is 0.392 e. The van der Waals surface area contributed by atoms with Gasteiger partial charge in [-0.2, -0.15) is 4.98 Å². The van der Waals surface area contributed by atoms with Crippen molar-refractivity contribution in [2.45, 2.75) is 57.0 Å². The second kappa shape index (κ2) is 6.85. The van der Waals surface area contributed by atoms with Crippen molar-refractivity contribution >= 4 is 0 Å². The third-order valence-corrected chi connectivity index (χ3v) is 3.53. The quantitative estimate of drug-likeness (QED) is 0.643. The van der Waals surface area contributed by atoms with E-state index >= 15 is 0 Å². The van der Waals surface area contributed by atoms with Gasteiger partial charge >= 0.3 is 0 Å². The Kier molecular flexibility index (Phi) is 5.13. The van der Waals surface area contributed by atoms with E-state index < -0.39 is 0 Å². The SMILES string of the molecule is COCCCc1noc(C2CCCCCC2O)n1. The smallest absolute Gasteiger partial charge is 0.232 e. The first-order valence-corrected chi connectivity index (χ1v) is 6.80. The molecule has 0 aromatic carbocycles. The van der Waals surface area contributed by atoms with Gasteiger partial charge in [0.25, 0.3) is 0 Å². The number of hydrogen-bond donors (Lipinski definition) is 1. The van der Waals surface area contributed by atoms with Crippen LogP contribution in [0, 0.1) is 0 Å². The van der Waals surface area contributed by atoms with Gasteiger partial charge < -0.3 is 14.4 Å². The molecule has 1 aliphatic rings. The van der Waals surface area contributed by atoms with E-state index in [0.717, 1.165) is 44.3 Å². The number of nitrogens with zero attached hydrogens (tertiary/aromatic N) is 2. The Morgan fingerprint density at radius 1 is 1.33 bits per heavy atom. The van der Waals surface area contributed by atoms with E-state index in [0.29, 0.717) is 12.5 Å². The Balaban J connectivity index is 1.95. The molecular formula is C13H22N2O3. The molecule has 102 valence electrons. The molecule has 1 saturated carbocycles. The molecule has 18 heavy (non-hydrogen) atoms. The molecule has 2 unspecified atom stereocenters. The van der Waals surface area contributed by atoms with Crippen LogP contribution in [0.4, 0.5) is 0 Å². The lowest BCUT2D eigenvalue weighted by molar-refractivity contribution is 0.119. The summed E-state index contributed by atoms with van der Waals surface area (Å²) in [5, 5.41) is 14.1. The zero-order valence-corrected chi connectivity index (χ0v) is 11.0. The second-order valence-corrected chi connectivity index (χ2v) is 4.96. The van der Waals surface area contributed by atoms with E-state index in [1.807, 2.05) is 0 Å². The zero-order chi connectivity index (χ0) is 12.8. The van der Waals surface area contributed by atoms with Crippen LogP contribution in [0.1, 0.15) is 56.2 Å². The summed E-state index contributed by atoms with van der Waals surface area (Å²) in [6, 6.07) is 0. The van der Waals surface area contributed by atoms with Gasteiger partial charge in [0.15, 0.2) is 5.82 Å². The lowest BCUT2D eigenvalue weighted by atomic mass is 9.97. The summed E-state index contributed by atoms with van der Waals surface area (Å²) in [7, 11) is 1.68. The fourth-order valence-electron chi connectivity index (χ4n) is 2.47. The first-order valence-electron chi connectivity index (χ1n) is 6.80. The molecule has 1 heterocycles. The van der Waals surface area contributed by atoms with E-state index in [1.54, 1.807) is 7.11 Å². The first kappa shape index (κ1) is 13.5. The summed E-state index contributed by atoms with van der Waals surface area (Å²) in [5.41, 5.74) is 0. The normalized spacial score (nSPS) is 25.0. The van der Waals surface area contributed by atoms with Gasteiger partial charge in [-0.05, 0) is 19.3 Å². The number of aliphatic hydroxyl groups is 1. The maximum Gasteiger partial charge on any atom is 0.232 e. The highest BCUT2D eigenvalue weighted by Gasteiger charge is 2.28. The molecule has 2 atom stereocenters. The highest BCUT2D eigenvalue weighted by atomic mass is 16.5. The van der Waals surface area contributed by atoms with Crippen molar-refractivity contribution in [3.8, 4) is 0 Å². The number of methoxy groups -OCH3 is 1. The van der Waals surface area contributed by atoms with Crippen LogP contribution in [0.2, 0.25) is 0 Å². The van der Waals surface area contributed by atoms with Gasteiger partial charge in [-0.1, -0.05) is 24.4 Å². The van der Waals surface area contributed by atoms with Gasteiger partial charge in [0.05, 0.1) is 12.0 Å². The molecule has 0 radical (unpaired) electrons. The minimum absolute atomic E-state index is 0.0242. The lowest BCUT2D eigenvalue weighted by Gasteiger charge is -2.15. The van der Waals surface area contributed by atoms with Crippen LogP contribution in [0.5, 0.6) is 0 Å². The molecule has 1 N–H and O–H groups in total. The molecule has 2 rings (SSSR count). The Morgan fingerprint density at radius 3 is 3.00 bits per heavy atom. The fourth-order valence-corrected chi connectivity index (χ4v) is 2.47. The molecule has 1 fully saturated rings. The Bertz CT molecular complexity index is 354.